The predicted molar refractivity (Wildman–Crippen MR) is 106 cm³/mol. The molecule has 0 radical (unpaired) electrons. The highest BCUT2D eigenvalue weighted by Crippen LogP contribution is 2.30. The zero-order valence-corrected chi connectivity index (χ0v) is 15.8. The number of amides is 1. The fraction of sp³-hybridized carbons (Fsp3) is 0.350. The van der Waals surface area contributed by atoms with Crippen LogP contribution >= 0.6 is 0 Å². The lowest BCUT2D eigenvalue weighted by Gasteiger charge is -2.36. The van der Waals surface area contributed by atoms with Crippen molar-refractivity contribution in [3.05, 3.63) is 47.8 Å². The number of fused-ring (bicyclic) bond motifs is 1. The number of benzene rings is 1. The Bertz CT molecular complexity index is 962. The van der Waals surface area contributed by atoms with Gasteiger partial charge in [0.1, 0.15) is 5.75 Å². The van der Waals surface area contributed by atoms with Gasteiger partial charge in [0.25, 0.3) is 0 Å². The van der Waals surface area contributed by atoms with E-state index < -0.39 is 6.09 Å². The van der Waals surface area contributed by atoms with Crippen LogP contribution in [0.15, 0.2) is 36.7 Å². The van der Waals surface area contributed by atoms with Crippen LogP contribution in [0.4, 0.5) is 10.5 Å². The Morgan fingerprint density at radius 1 is 1.14 bits per heavy atom. The fourth-order valence-corrected chi connectivity index (χ4v) is 3.68. The maximum absolute atomic E-state index is 11.2. The average molecular weight is 381 g/mol. The largest absolute Gasteiger partial charge is 0.497 e. The molecule has 3 aromatic rings. The first-order valence-corrected chi connectivity index (χ1v) is 9.32. The minimum Gasteiger partial charge on any atom is -0.497 e. The van der Waals surface area contributed by atoms with E-state index in [2.05, 4.69) is 32.2 Å². The Hall–Kier alpha value is -3.29. The van der Waals surface area contributed by atoms with Gasteiger partial charge in [0, 0.05) is 32.4 Å². The number of carboxylic acid groups (broad SMARTS) is 1. The second kappa shape index (κ2) is 7.75. The van der Waals surface area contributed by atoms with Crippen LogP contribution in [0.25, 0.3) is 11.0 Å². The molecule has 1 saturated heterocycles. The molecule has 0 atom stereocenters. The molecule has 4 rings (SSSR count). The summed E-state index contributed by atoms with van der Waals surface area (Å²) in [5.41, 5.74) is 4.24. The number of nitrogens with zero attached hydrogens (tertiary/aromatic N) is 4. The van der Waals surface area contributed by atoms with E-state index in [1.807, 2.05) is 18.3 Å². The molecule has 1 aromatic carbocycles. The van der Waals surface area contributed by atoms with E-state index in [4.69, 9.17) is 4.74 Å². The molecule has 2 N–H and O–H groups in total. The summed E-state index contributed by atoms with van der Waals surface area (Å²) in [4.78, 5) is 19.4. The molecule has 28 heavy (non-hydrogen) atoms. The topological polar surface area (TPSA) is 94.6 Å². The summed E-state index contributed by atoms with van der Waals surface area (Å²) in [5.74, 6) is 0.849. The lowest BCUT2D eigenvalue weighted by atomic mass is 10.0. The molecule has 1 amide bonds. The number of rotatable bonds is 5. The van der Waals surface area contributed by atoms with Gasteiger partial charge in [-0.05, 0) is 36.1 Å². The van der Waals surface area contributed by atoms with Crippen LogP contribution < -0.4 is 9.64 Å². The molecule has 8 nitrogen and oxygen atoms in total. The number of piperazine rings is 1. The van der Waals surface area contributed by atoms with Crippen LogP contribution in [-0.4, -0.2) is 64.6 Å². The van der Waals surface area contributed by atoms with Crippen molar-refractivity contribution in [2.24, 2.45) is 0 Å². The smallest absolute Gasteiger partial charge is 0.407 e. The SMILES string of the molecule is COc1ccc(CCc2cnc3[nH]ncc3c2N2CCN(C(=O)O)CC2)cc1. The number of ether oxygens (including phenoxy) is 1. The van der Waals surface area contributed by atoms with Gasteiger partial charge < -0.3 is 19.6 Å². The second-order valence-electron chi connectivity index (χ2n) is 6.87. The van der Waals surface area contributed by atoms with Crippen LogP contribution in [0, 0.1) is 0 Å². The van der Waals surface area contributed by atoms with E-state index in [9.17, 15) is 9.90 Å². The fourth-order valence-electron chi connectivity index (χ4n) is 3.68. The Morgan fingerprint density at radius 2 is 1.89 bits per heavy atom. The maximum atomic E-state index is 11.2. The molecule has 146 valence electrons. The number of hydrogen-bond donors (Lipinski definition) is 2. The van der Waals surface area contributed by atoms with E-state index >= 15 is 0 Å². The predicted octanol–water partition coefficient (Wildman–Crippen LogP) is 2.55. The van der Waals surface area contributed by atoms with E-state index in [-0.39, 0.29) is 0 Å². The Labute approximate surface area is 162 Å². The van der Waals surface area contributed by atoms with Crippen molar-refractivity contribution in [1.82, 2.24) is 20.1 Å². The molecule has 8 heteroatoms. The number of hydrogen-bond acceptors (Lipinski definition) is 5. The first kappa shape index (κ1) is 18.1. The van der Waals surface area contributed by atoms with Crippen LogP contribution in [0.3, 0.4) is 0 Å². The third-order valence-electron chi connectivity index (χ3n) is 5.24. The van der Waals surface area contributed by atoms with Crippen LogP contribution in [0.1, 0.15) is 11.1 Å². The number of aromatic amines is 1. The zero-order valence-electron chi connectivity index (χ0n) is 15.8. The monoisotopic (exact) mass is 381 g/mol. The molecule has 1 fully saturated rings. The summed E-state index contributed by atoms with van der Waals surface area (Å²) in [6.45, 7) is 2.31. The summed E-state index contributed by atoms with van der Waals surface area (Å²) in [6, 6.07) is 8.10. The van der Waals surface area contributed by atoms with Gasteiger partial charge in [0.2, 0.25) is 0 Å². The summed E-state index contributed by atoms with van der Waals surface area (Å²) in [5, 5.41) is 17.3. The summed E-state index contributed by atoms with van der Waals surface area (Å²) in [6.07, 6.45) is 4.58. The van der Waals surface area contributed by atoms with Gasteiger partial charge in [-0.1, -0.05) is 12.1 Å². The van der Waals surface area contributed by atoms with E-state index in [0.29, 0.717) is 26.2 Å². The number of pyridine rings is 1. The van der Waals surface area contributed by atoms with E-state index in [1.54, 1.807) is 13.3 Å². The van der Waals surface area contributed by atoms with Crippen molar-refractivity contribution in [2.45, 2.75) is 12.8 Å². The first-order chi connectivity index (χ1) is 13.7. The van der Waals surface area contributed by atoms with Crippen LogP contribution in [0.5, 0.6) is 5.75 Å². The quantitative estimate of drug-likeness (QED) is 0.705. The van der Waals surface area contributed by atoms with Crippen molar-refractivity contribution in [2.75, 3.05) is 38.2 Å². The van der Waals surface area contributed by atoms with Gasteiger partial charge in [-0.3, -0.25) is 5.10 Å². The highest BCUT2D eigenvalue weighted by Gasteiger charge is 2.24. The number of methoxy groups -OCH3 is 1. The van der Waals surface area contributed by atoms with Gasteiger partial charge in [-0.25, -0.2) is 9.78 Å². The molecule has 0 bridgehead atoms. The number of nitrogens with one attached hydrogen (secondary N) is 1. The van der Waals surface area contributed by atoms with Gasteiger partial charge in [0.15, 0.2) is 5.65 Å². The van der Waals surface area contributed by atoms with Crippen LogP contribution in [0.2, 0.25) is 0 Å². The number of anilines is 1. The van der Waals surface area contributed by atoms with Crippen molar-refractivity contribution in [3.63, 3.8) is 0 Å². The number of aromatic nitrogens is 3. The summed E-state index contributed by atoms with van der Waals surface area (Å²) < 4.78 is 5.22. The van der Waals surface area contributed by atoms with Gasteiger partial charge in [0.05, 0.1) is 24.4 Å². The third kappa shape index (κ3) is 3.58. The van der Waals surface area contributed by atoms with E-state index in [0.717, 1.165) is 40.9 Å². The second-order valence-corrected chi connectivity index (χ2v) is 6.87. The van der Waals surface area contributed by atoms with Crippen molar-refractivity contribution in [1.29, 1.82) is 0 Å². The molecule has 3 heterocycles. The van der Waals surface area contributed by atoms with Crippen molar-refractivity contribution in [3.8, 4) is 5.75 Å². The van der Waals surface area contributed by atoms with Gasteiger partial charge >= 0.3 is 6.09 Å². The molecule has 1 aliphatic heterocycles. The standard InChI is InChI=1S/C20H23N5O3/c1-28-16-6-3-14(4-7-16)2-5-15-12-21-19-17(13-22-23-19)18(15)24-8-10-25(11-9-24)20(26)27/h3-4,6-7,12-13H,2,5,8-11H2,1H3,(H,26,27)(H,21,22,23). The van der Waals surface area contributed by atoms with Crippen molar-refractivity contribution < 1.29 is 14.6 Å². The van der Waals surface area contributed by atoms with Gasteiger partial charge in [-0.15, -0.1) is 0 Å². The molecular formula is C20H23N5O3. The maximum Gasteiger partial charge on any atom is 0.407 e. The molecule has 0 aliphatic carbocycles. The van der Waals surface area contributed by atoms with Gasteiger partial charge in [-0.2, -0.15) is 5.10 Å². The van der Waals surface area contributed by atoms with Crippen molar-refractivity contribution >= 4 is 22.8 Å². The highest BCUT2D eigenvalue weighted by atomic mass is 16.5. The third-order valence-corrected chi connectivity index (χ3v) is 5.24. The molecular weight excluding hydrogens is 358 g/mol. The minimum atomic E-state index is -0.859. The molecule has 1 aliphatic rings. The number of carbonyl (C=O) groups is 1. The summed E-state index contributed by atoms with van der Waals surface area (Å²) in [7, 11) is 1.66. The van der Waals surface area contributed by atoms with E-state index in [1.165, 1.54) is 10.5 Å². The Kier molecular flexibility index (Phi) is 5.01. The number of aryl methyl sites for hydroxylation is 2. The highest BCUT2D eigenvalue weighted by molar-refractivity contribution is 5.91. The molecule has 2 aromatic heterocycles. The number of H-pyrrole nitrogens is 1. The molecule has 0 spiro atoms. The summed E-state index contributed by atoms with van der Waals surface area (Å²) >= 11 is 0. The normalized spacial score (nSPS) is 14.5. The Morgan fingerprint density at radius 3 is 2.57 bits per heavy atom. The lowest BCUT2D eigenvalue weighted by Crippen LogP contribution is -2.48. The lowest BCUT2D eigenvalue weighted by molar-refractivity contribution is 0.142. The average Bonchev–Trinajstić information content (AvgIpc) is 3.21. The molecule has 0 unspecified atom stereocenters. The van der Waals surface area contributed by atoms with Crippen LogP contribution in [-0.2, 0) is 12.8 Å². The zero-order chi connectivity index (χ0) is 19.5. The molecule has 0 saturated carbocycles. The first-order valence-electron chi connectivity index (χ1n) is 9.32. The minimum absolute atomic E-state index is 0.495. The Balaban J connectivity index is 1.57.